The Hall–Kier alpha value is -1.07. The zero-order valence-electron chi connectivity index (χ0n) is 11.4. The fraction of sp³-hybridized carbons (Fsp3) is 0.643. The minimum absolute atomic E-state index is 0.0406. The van der Waals surface area contributed by atoms with Crippen molar-refractivity contribution < 1.29 is 9.53 Å². The van der Waals surface area contributed by atoms with E-state index in [9.17, 15) is 4.79 Å². The average Bonchev–Trinajstić information content (AvgIpc) is 2.92. The number of hydrogen-bond acceptors (Lipinski definition) is 4. The normalized spacial score (nSPS) is 33.2. The molecule has 0 aromatic carbocycles. The van der Waals surface area contributed by atoms with Crippen molar-refractivity contribution in [1.29, 1.82) is 0 Å². The summed E-state index contributed by atoms with van der Waals surface area (Å²) in [4.78, 5) is 15.5. The van der Waals surface area contributed by atoms with Gasteiger partial charge in [-0.05, 0) is 50.9 Å². The highest BCUT2D eigenvalue weighted by molar-refractivity contribution is 7.15. The minimum Gasteiger partial charge on any atom is -0.487 e. The largest absolute Gasteiger partial charge is 0.487 e. The molecule has 0 unspecified atom stereocenters. The van der Waals surface area contributed by atoms with Crippen LogP contribution in [0, 0.1) is 5.92 Å². The highest BCUT2D eigenvalue weighted by Crippen LogP contribution is 2.32. The third-order valence-corrected chi connectivity index (χ3v) is 5.53. The van der Waals surface area contributed by atoms with E-state index in [1.807, 2.05) is 12.1 Å². The number of rotatable bonds is 3. The van der Waals surface area contributed by atoms with Crippen LogP contribution in [0.2, 0.25) is 0 Å². The third-order valence-electron chi connectivity index (χ3n) is 4.48. The first kappa shape index (κ1) is 12.9. The molecule has 4 nitrogen and oxygen atoms in total. The lowest BCUT2D eigenvalue weighted by Gasteiger charge is -2.49. The number of ether oxygens (including phenoxy) is 1. The molecule has 1 amide bonds. The van der Waals surface area contributed by atoms with E-state index in [-0.39, 0.29) is 5.91 Å². The Morgan fingerprint density at radius 3 is 2.74 bits per heavy atom. The van der Waals surface area contributed by atoms with Gasteiger partial charge in [0.1, 0.15) is 0 Å². The first-order valence-electron chi connectivity index (χ1n) is 6.88. The zero-order chi connectivity index (χ0) is 13.4. The molecule has 2 atom stereocenters. The second-order valence-corrected chi connectivity index (χ2v) is 6.48. The third kappa shape index (κ3) is 2.37. The molecule has 2 bridgehead atoms. The lowest BCUT2D eigenvalue weighted by Crippen LogP contribution is -2.62. The molecule has 0 saturated carbocycles. The van der Waals surface area contributed by atoms with Gasteiger partial charge in [0.25, 0.3) is 5.91 Å². The first-order valence-corrected chi connectivity index (χ1v) is 7.69. The van der Waals surface area contributed by atoms with Gasteiger partial charge < -0.3 is 10.1 Å². The fourth-order valence-corrected chi connectivity index (χ4v) is 4.04. The van der Waals surface area contributed by atoms with Crippen LogP contribution in [-0.4, -0.2) is 43.1 Å². The number of methoxy groups -OCH3 is 1. The molecule has 0 spiro atoms. The maximum Gasteiger partial charge on any atom is 0.261 e. The van der Waals surface area contributed by atoms with Gasteiger partial charge >= 0.3 is 0 Å². The van der Waals surface area contributed by atoms with Crippen molar-refractivity contribution in [3.63, 3.8) is 0 Å². The van der Waals surface area contributed by atoms with Crippen LogP contribution in [0.5, 0.6) is 5.06 Å². The van der Waals surface area contributed by atoms with Crippen molar-refractivity contribution in [1.82, 2.24) is 10.2 Å². The van der Waals surface area contributed by atoms with Crippen LogP contribution in [-0.2, 0) is 0 Å². The molecule has 0 aliphatic carbocycles. The van der Waals surface area contributed by atoms with Gasteiger partial charge in [-0.3, -0.25) is 9.69 Å². The van der Waals surface area contributed by atoms with Gasteiger partial charge in [0, 0.05) is 12.1 Å². The standard InChI is InChI=1S/C14H20N2O2S/c1-9-13(10-5-7-16(9)8-6-10)15-14(17)11-3-4-12(18-2)19-11/h3-4,9-10,13H,5-8H2,1-2H3,(H,15,17)/t9-,13-/m0/s1/i11+1. The van der Waals surface area contributed by atoms with Gasteiger partial charge in [-0.25, -0.2) is 0 Å². The SMILES string of the molecule is COc1cc[13c](C(=O)N[C@@H]2C3CCN(CC3)[C@H]2C)s1. The molecular formula is C14H20N2O2S. The van der Waals surface area contributed by atoms with Gasteiger partial charge in [0.2, 0.25) is 0 Å². The molecule has 0 radical (unpaired) electrons. The number of thiophene rings is 1. The maximum atomic E-state index is 12.3. The molecule has 5 heteroatoms. The maximum absolute atomic E-state index is 12.3. The Morgan fingerprint density at radius 2 is 2.16 bits per heavy atom. The van der Waals surface area contributed by atoms with Crippen molar-refractivity contribution in [3.05, 3.63) is 17.0 Å². The van der Waals surface area contributed by atoms with Crippen LogP contribution in [0.25, 0.3) is 0 Å². The Morgan fingerprint density at radius 1 is 1.42 bits per heavy atom. The molecule has 19 heavy (non-hydrogen) atoms. The van der Waals surface area contributed by atoms with Crippen LogP contribution in [0.3, 0.4) is 0 Å². The molecule has 3 fully saturated rings. The highest BCUT2D eigenvalue weighted by atomic mass is 32.1. The predicted molar refractivity (Wildman–Crippen MR) is 75.9 cm³/mol. The van der Waals surface area contributed by atoms with E-state index >= 15 is 0 Å². The Kier molecular flexibility index (Phi) is 3.50. The van der Waals surface area contributed by atoms with Crippen molar-refractivity contribution in [3.8, 4) is 5.06 Å². The van der Waals surface area contributed by atoms with Gasteiger partial charge in [-0.1, -0.05) is 11.3 Å². The summed E-state index contributed by atoms with van der Waals surface area (Å²) in [6.45, 7) is 4.60. The monoisotopic (exact) mass is 281 g/mol. The summed E-state index contributed by atoms with van der Waals surface area (Å²) < 4.78 is 5.14. The average molecular weight is 281 g/mol. The summed E-state index contributed by atoms with van der Waals surface area (Å²) in [5.74, 6) is 0.685. The molecule has 104 valence electrons. The van der Waals surface area contributed by atoms with E-state index < -0.39 is 0 Å². The van der Waals surface area contributed by atoms with Gasteiger partial charge in [0.15, 0.2) is 5.06 Å². The number of amides is 1. The lowest BCUT2D eigenvalue weighted by molar-refractivity contribution is 0.0218. The summed E-state index contributed by atoms with van der Waals surface area (Å²) >= 11 is 1.40. The summed E-state index contributed by atoms with van der Waals surface area (Å²) in [5, 5.41) is 4.01. The molecular weight excluding hydrogens is 261 g/mol. The van der Waals surface area contributed by atoms with Crippen molar-refractivity contribution >= 4 is 17.2 Å². The van der Waals surface area contributed by atoms with E-state index in [1.165, 1.54) is 37.3 Å². The van der Waals surface area contributed by atoms with Crippen LogP contribution >= 0.6 is 11.3 Å². The second-order valence-electron chi connectivity index (χ2n) is 5.44. The summed E-state index contributed by atoms with van der Waals surface area (Å²) in [7, 11) is 1.63. The number of nitrogens with one attached hydrogen (secondary N) is 1. The molecule has 1 N–H and O–H groups in total. The number of hydrogen-bond donors (Lipinski definition) is 1. The smallest absolute Gasteiger partial charge is 0.261 e. The Bertz CT molecular complexity index is 464. The van der Waals surface area contributed by atoms with E-state index in [1.54, 1.807) is 7.11 Å². The fourth-order valence-electron chi connectivity index (χ4n) is 3.32. The minimum atomic E-state index is 0.0406. The van der Waals surface area contributed by atoms with Gasteiger partial charge in [-0.15, -0.1) is 0 Å². The van der Waals surface area contributed by atoms with E-state index in [0.29, 0.717) is 18.0 Å². The van der Waals surface area contributed by atoms with E-state index in [4.69, 9.17) is 4.74 Å². The quantitative estimate of drug-likeness (QED) is 0.921. The predicted octanol–water partition coefficient (Wildman–Crippen LogP) is 1.97. The Labute approximate surface area is 117 Å². The van der Waals surface area contributed by atoms with Crippen LogP contribution in [0.4, 0.5) is 0 Å². The summed E-state index contributed by atoms with van der Waals surface area (Å²) in [6, 6.07) is 4.44. The van der Waals surface area contributed by atoms with Gasteiger partial charge in [0.05, 0.1) is 12.0 Å². The number of nitrogens with zero attached hydrogens (tertiary/aromatic N) is 1. The molecule has 4 rings (SSSR count). The van der Waals surface area contributed by atoms with Crippen molar-refractivity contribution in [2.75, 3.05) is 20.2 Å². The molecule has 3 aliphatic rings. The van der Waals surface area contributed by atoms with E-state index in [2.05, 4.69) is 17.1 Å². The summed E-state index contributed by atoms with van der Waals surface area (Å²) in [6.07, 6.45) is 2.42. The Balaban J connectivity index is 1.69. The zero-order valence-corrected chi connectivity index (χ0v) is 12.2. The van der Waals surface area contributed by atoms with Crippen LogP contribution in [0.1, 0.15) is 29.4 Å². The molecule has 4 heterocycles. The topological polar surface area (TPSA) is 41.6 Å². The van der Waals surface area contributed by atoms with Crippen LogP contribution < -0.4 is 10.1 Å². The van der Waals surface area contributed by atoms with Crippen molar-refractivity contribution in [2.45, 2.75) is 31.8 Å². The number of carbonyl (C=O) groups is 1. The van der Waals surface area contributed by atoms with Gasteiger partial charge in [-0.2, -0.15) is 0 Å². The number of fused-ring (bicyclic) bond motifs is 3. The molecule has 1 aromatic rings. The van der Waals surface area contributed by atoms with E-state index in [0.717, 1.165) is 9.94 Å². The molecule has 3 aliphatic heterocycles. The highest BCUT2D eigenvalue weighted by Gasteiger charge is 2.40. The number of piperidine rings is 3. The summed E-state index contributed by atoms with van der Waals surface area (Å²) in [5.41, 5.74) is 0. The molecule has 3 saturated heterocycles. The lowest BCUT2D eigenvalue weighted by atomic mass is 9.79. The second kappa shape index (κ2) is 5.13. The molecule has 1 aromatic heterocycles. The first-order chi connectivity index (χ1) is 9.19. The van der Waals surface area contributed by atoms with Crippen LogP contribution in [0.15, 0.2) is 12.1 Å². The number of carbonyl (C=O) groups excluding carboxylic acids is 1. The van der Waals surface area contributed by atoms with Crippen molar-refractivity contribution in [2.24, 2.45) is 5.92 Å².